The summed E-state index contributed by atoms with van der Waals surface area (Å²) in [4.78, 5) is 26.0. The number of ether oxygens (including phenoxy) is 2. The molecule has 0 N–H and O–H groups in total. The number of carbonyl (C=O) groups is 1. The van der Waals surface area contributed by atoms with Crippen molar-refractivity contribution in [2.75, 3.05) is 25.7 Å². The monoisotopic (exact) mass is 498 g/mol. The molecule has 0 aliphatic carbocycles. The number of unbranched alkanes of at least 4 members (excludes halogenated alkanes) is 2. The van der Waals surface area contributed by atoms with Crippen LogP contribution in [0.2, 0.25) is 5.32 Å². The minimum absolute atomic E-state index is 0.0596. The molecule has 1 heterocycles. The van der Waals surface area contributed by atoms with E-state index in [9.17, 15) is 4.79 Å². The molecule has 0 aliphatic rings. The number of nitrogens with zero attached hydrogens (tertiary/aromatic N) is 4. The summed E-state index contributed by atoms with van der Waals surface area (Å²) in [5, 5.41) is 10.5. The predicted molar refractivity (Wildman–Crippen MR) is 126 cm³/mol. The third-order valence-corrected chi connectivity index (χ3v) is 6.30. The van der Waals surface area contributed by atoms with Crippen molar-refractivity contribution >= 4 is 43.3 Å². The molecule has 0 aliphatic heterocycles. The van der Waals surface area contributed by atoms with E-state index in [0.717, 1.165) is 47.0 Å². The maximum atomic E-state index is 12.8. The van der Waals surface area contributed by atoms with Crippen molar-refractivity contribution in [1.29, 1.82) is 5.26 Å². The van der Waals surface area contributed by atoms with Crippen molar-refractivity contribution in [1.82, 2.24) is 9.97 Å². The maximum absolute atomic E-state index is 12.8. The van der Waals surface area contributed by atoms with E-state index < -0.39 is 5.97 Å². The Labute approximate surface area is 194 Å². The van der Waals surface area contributed by atoms with Crippen LogP contribution in [0.4, 0.5) is 11.5 Å². The van der Waals surface area contributed by atoms with Gasteiger partial charge in [-0.15, -0.1) is 0 Å². The van der Waals surface area contributed by atoms with E-state index in [-0.39, 0.29) is 15.0 Å². The number of nitriles is 1. The first kappa shape index (κ1) is 23.5. The van der Waals surface area contributed by atoms with Crippen LogP contribution in [0, 0.1) is 17.2 Å². The number of esters is 1. The topological polar surface area (TPSA) is 88.3 Å². The van der Waals surface area contributed by atoms with Gasteiger partial charge in [0.05, 0.1) is 5.52 Å². The standard InChI is InChI=1S/C24H26N4O3Se/c1-17-26-21-10-6-5-9-19(21)23(27-17)28(2)18-11-12-22(30-3)20(15-18)24(29)31-13-7-4-8-14-32-16-25/h5-6,9-12,15H,4,7-8,13-14H2,1-3H3. The van der Waals surface area contributed by atoms with Gasteiger partial charge >= 0.3 is 137 Å². The number of methoxy groups -OCH3 is 1. The molecule has 166 valence electrons. The van der Waals surface area contributed by atoms with Crippen molar-refractivity contribution < 1.29 is 14.3 Å². The van der Waals surface area contributed by atoms with Gasteiger partial charge in [-0.1, -0.05) is 12.1 Å². The second-order valence-electron chi connectivity index (χ2n) is 7.19. The molecule has 0 radical (unpaired) electrons. The van der Waals surface area contributed by atoms with Crippen molar-refractivity contribution in [3.05, 3.63) is 53.9 Å². The number of aromatic nitrogens is 2. The fraction of sp³-hybridized carbons (Fsp3) is 0.333. The number of hydrogen-bond donors (Lipinski definition) is 0. The van der Waals surface area contributed by atoms with Gasteiger partial charge in [-0.05, 0) is 19.1 Å². The van der Waals surface area contributed by atoms with Crippen molar-refractivity contribution in [2.45, 2.75) is 31.5 Å². The van der Waals surface area contributed by atoms with Gasteiger partial charge in [-0.25, -0.2) is 9.97 Å². The van der Waals surface area contributed by atoms with Gasteiger partial charge in [0.25, 0.3) is 0 Å². The molecule has 8 heteroatoms. The van der Waals surface area contributed by atoms with Crippen LogP contribution in [0.1, 0.15) is 35.4 Å². The van der Waals surface area contributed by atoms with Crippen molar-refractivity contribution in [3.63, 3.8) is 0 Å². The molecule has 0 unspecified atom stereocenters. The van der Waals surface area contributed by atoms with Crippen molar-refractivity contribution in [3.8, 4) is 10.7 Å². The van der Waals surface area contributed by atoms with Gasteiger partial charge in [0, 0.05) is 5.39 Å². The van der Waals surface area contributed by atoms with E-state index in [4.69, 9.17) is 14.7 Å². The van der Waals surface area contributed by atoms with Crippen molar-refractivity contribution in [2.24, 2.45) is 0 Å². The first-order valence-electron chi connectivity index (χ1n) is 10.4. The molecule has 0 bridgehead atoms. The second kappa shape index (κ2) is 11.5. The van der Waals surface area contributed by atoms with Gasteiger partial charge in [0.1, 0.15) is 5.82 Å². The van der Waals surface area contributed by atoms with Gasteiger partial charge in [0.2, 0.25) is 0 Å². The van der Waals surface area contributed by atoms with Crippen LogP contribution >= 0.6 is 0 Å². The summed E-state index contributed by atoms with van der Waals surface area (Å²) in [6.07, 6.45) is 2.71. The molecule has 1 aromatic heterocycles. The number of fused-ring (bicyclic) bond motifs is 1. The number of para-hydroxylation sites is 1. The Kier molecular flexibility index (Phi) is 8.43. The number of anilines is 2. The molecule has 0 atom stereocenters. The third kappa shape index (κ3) is 5.76. The van der Waals surface area contributed by atoms with E-state index in [1.807, 2.05) is 49.2 Å². The fourth-order valence-corrected chi connectivity index (χ4v) is 4.28. The minimum atomic E-state index is -0.415. The van der Waals surface area contributed by atoms with Gasteiger partial charge < -0.3 is 0 Å². The van der Waals surface area contributed by atoms with Crippen LogP contribution in [0.15, 0.2) is 42.5 Å². The molecular formula is C24H26N4O3Se. The molecule has 3 rings (SSSR count). The Morgan fingerprint density at radius 1 is 1.16 bits per heavy atom. The van der Waals surface area contributed by atoms with E-state index >= 15 is 0 Å². The molecule has 0 saturated heterocycles. The van der Waals surface area contributed by atoms with E-state index in [1.54, 1.807) is 12.1 Å². The molecule has 2 aromatic carbocycles. The van der Waals surface area contributed by atoms with Crippen LogP contribution in [-0.4, -0.2) is 51.7 Å². The number of benzene rings is 2. The van der Waals surface area contributed by atoms with E-state index in [0.29, 0.717) is 23.7 Å². The van der Waals surface area contributed by atoms with Crippen LogP contribution in [0.25, 0.3) is 10.9 Å². The quantitative estimate of drug-likeness (QED) is 0.229. The van der Waals surface area contributed by atoms with Crippen LogP contribution in [0.5, 0.6) is 5.75 Å². The number of rotatable bonds is 10. The summed E-state index contributed by atoms with van der Waals surface area (Å²) >= 11 is 0.0596. The molecule has 32 heavy (non-hydrogen) atoms. The van der Waals surface area contributed by atoms with Gasteiger partial charge in [-0.3, -0.25) is 0 Å². The Balaban J connectivity index is 1.78. The number of aryl methyl sites for hydroxylation is 1. The summed E-state index contributed by atoms with van der Waals surface area (Å²) in [6.45, 7) is 2.21. The third-order valence-electron chi connectivity index (χ3n) is 4.99. The van der Waals surface area contributed by atoms with E-state index in [2.05, 4.69) is 14.9 Å². The average Bonchev–Trinajstić information content (AvgIpc) is 2.81. The molecule has 0 amide bonds. The molecule has 3 aromatic rings. The molecule has 0 spiro atoms. The Bertz CT molecular complexity index is 1130. The Morgan fingerprint density at radius 3 is 2.75 bits per heavy atom. The summed E-state index contributed by atoms with van der Waals surface area (Å²) in [7, 11) is 3.45. The predicted octanol–water partition coefficient (Wildman–Crippen LogP) is 4.65. The van der Waals surface area contributed by atoms with Gasteiger partial charge in [-0.2, -0.15) is 0 Å². The summed E-state index contributed by atoms with van der Waals surface area (Å²) in [6, 6.07) is 13.3. The first-order chi connectivity index (χ1) is 15.5. The zero-order valence-electron chi connectivity index (χ0n) is 18.5. The Hall–Kier alpha value is -3.14. The van der Waals surface area contributed by atoms with Crippen LogP contribution < -0.4 is 9.64 Å². The van der Waals surface area contributed by atoms with E-state index in [1.165, 1.54) is 7.11 Å². The van der Waals surface area contributed by atoms with Crippen LogP contribution in [-0.2, 0) is 4.74 Å². The van der Waals surface area contributed by atoms with Crippen LogP contribution in [0.3, 0.4) is 0 Å². The first-order valence-corrected chi connectivity index (χ1v) is 12.4. The zero-order valence-corrected chi connectivity index (χ0v) is 20.2. The fourth-order valence-electron chi connectivity index (χ4n) is 3.36. The summed E-state index contributed by atoms with van der Waals surface area (Å²) in [5.41, 5.74) is 2.03. The SMILES string of the molecule is COc1ccc(N(C)c2nc(C)nc3ccccc23)cc1C(=O)OCCCCC[Se]C#N. The normalized spacial score (nSPS) is 10.6. The average molecular weight is 497 g/mol. The zero-order chi connectivity index (χ0) is 22.9. The second-order valence-corrected chi connectivity index (χ2v) is 9.04. The number of carbonyl (C=O) groups excluding carboxylic acids is 1. The Morgan fingerprint density at radius 2 is 1.97 bits per heavy atom. The van der Waals surface area contributed by atoms with Gasteiger partial charge in [0.15, 0.2) is 0 Å². The molecule has 7 nitrogen and oxygen atoms in total. The summed E-state index contributed by atoms with van der Waals surface area (Å²) < 4.78 is 10.9. The molecule has 0 fully saturated rings. The summed E-state index contributed by atoms with van der Waals surface area (Å²) in [5.74, 6) is 1.49. The number of hydrogen-bond acceptors (Lipinski definition) is 7. The molecular weight excluding hydrogens is 471 g/mol. The molecule has 0 saturated carbocycles.